The molecule has 1 atom stereocenters. The lowest BCUT2D eigenvalue weighted by Gasteiger charge is -2.19. The maximum Gasteiger partial charge on any atom is 0.254 e. The number of para-hydroxylation sites is 1. The van der Waals surface area contributed by atoms with Gasteiger partial charge in [0.05, 0.1) is 5.56 Å². The second-order valence-electron chi connectivity index (χ2n) is 4.18. The van der Waals surface area contributed by atoms with E-state index in [0.717, 1.165) is 0 Å². The Labute approximate surface area is 100 Å². The van der Waals surface area contributed by atoms with E-state index in [9.17, 15) is 9.59 Å². The van der Waals surface area contributed by atoms with E-state index in [4.69, 9.17) is 11.5 Å². The van der Waals surface area contributed by atoms with Crippen LogP contribution in [0.5, 0.6) is 0 Å². The van der Waals surface area contributed by atoms with Crippen molar-refractivity contribution in [2.75, 3.05) is 5.73 Å². The first kappa shape index (κ1) is 13.0. The standard InChI is InChI=1S/C12H17N3O2/c1-7(2)10(11(14)16)15-12(17)8-5-3-4-6-9(8)13/h3-7,10H,13H2,1-2H3,(H2,14,16)(H,15,17). The molecule has 1 aromatic rings. The number of hydrogen-bond acceptors (Lipinski definition) is 3. The molecule has 0 saturated heterocycles. The number of nitrogens with two attached hydrogens (primary N) is 2. The van der Waals surface area contributed by atoms with Crippen molar-refractivity contribution in [3.8, 4) is 0 Å². The van der Waals surface area contributed by atoms with Gasteiger partial charge in [0.25, 0.3) is 5.91 Å². The summed E-state index contributed by atoms with van der Waals surface area (Å²) in [7, 11) is 0. The lowest BCUT2D eigenvalue weighted by atomic mass is 10.0. The number of benzene rings is 1. The average molecular weight is 235 g/mol. The normalized spacial score (nSPS) is 12.2. The summed E-state index contributed by atoms with van der Waals surface area (Å²) in [6.45, 7) is 3.62. The molecule has 0 spiro atoms. The number of amides is 2. The summed E-state index contributed by atoms with van der Waals surface area (Å²) in [5.74, 6) is -1.01. The van der Waals surface area contributed by atoms with Crippen LogP contribution < -0.4 is 16.8 Å². The molecule has 0 heterocycles. The van der Waals surface area contributed by atoms with Gasteiger partial charge in [-0.3, -0.25) is 9.59 Å². The fourth-order valence-electron chi connectivity index (χ4n) is 1.49. The molecule has 1 aromatic carbocycles. The Balaban J connectivity index is 2.85. The third kappa shape index (κ3) is 3.21. The van der Waals surface area contributed by atoms with E-state index in [1.165, 1.54) is 0 Å². The van der Waals surface area contributed by atoms with Crippen LogP contribution in [0.15, 0.2) is 24.3 Å². The first-order valence-corrected chi connectivity index (χ1v) is 5.38. The van der Waals surface area contributed by atoms with Crippen molar-refractivity contribution in [1.29, 1.82) is 0 Å². The Morgan fingerprint density at radius 2 is 1.82 bits per heavy atom. The summed E-state index contributed by atoms with van der Waals surface area (Å²) < 4.78 is 0. The maximum absolute atomic E-state index is 11.9. The van der Waals surface area contributed by atoms with Crippen LogP contribution in [0.3, 0.4) is 0 Å². The van der Waals surface area contributed by atoms with Gasteiger partial charge in [-0.25, -0.2) is 0 Å². The number of anilines is 1. The largest absolute Gasteiger partial charge is 0.398 e. The van der Waals surface area contributed by atoms with E-state index >= 15 is 0 Å². The molecular formula is C12H17N3O2. The topological polar surface area (TPSA) is 98.2 Å². The Bertz CT molecular complexity index is 430. The predicted molar refractivity (Wildman–Crippen MR) is 66.1 cm³/mol. The highest BCUT2D eigenvalue weighted by molar-refractivity contribution is 6.01. The van der Waals surface area contributed by atoms with E-state index in [1.807, 2.05) is 13.8 Å². The Kier molecular flexibility index (Phi) is 4.09. The van der Waals surface area contributed by atoms with Crippen molar-refractivity contribution >= 4 is 17.5 Å². The minimum atomic E-state index is -0.692. The molecule has 1 unspecified atom stereocenters. The molecule has 0 aliphatic carbocycles. The van der Waals surface area contributed by atoms with Crippen LogP contribution in [-0.2, 0) is 4.79 Å². The lowest BCUT2D eigenvalue weighted by Crippen LogP contribution is -2.47. The molecule has 0 aromatic heterocycles. The van der Waals surface area contributed by atoms with Crippen molar-refractivity contribution < 1.29 is 9.59 Å². The highest BCUT2D eigenvalue weighted by atomic mass is 16.2. The van der Waals surface area contributed by atoms with Crippen LogP contribution in [-0.4, -0.2) is 17.9 Å². The molecule has 5 nitrogen and oxygen atoms in total. The molecule has 5 N–H and O–H groups in total. The first-order chi connectivity index (χ1) is 7.93. The van der Waals surface area contributed by atoms with Gasteiger partial charge in [-0.2, -0.15) is 0 Å². The number of rotatable bonds is 4. The number of nitrogens with one attached hydrogen (secondary N) is 1. The Morgan fingerprint density at radius 3 is 2.29 bits per heavy atom. The predicted octanol–water partition coefficient (Wildman–Crippen LogP) is 0.508. The van der Waals surface area contributed by atoms with Crippen molar-refractivity contribution in [3.63, 3.8) is 0 Å². The number of carbonyl (C=O) groups is 2. The van der Waals surface area contributed by atoms with Crippen molar-refractivity contribution in [1.82, 2.24) is 5.32 Å². The van der Waals surface area contributed by atoms with Crippen molar-refractivity contribution in [2.45, 2.75) is 19.9 Å². The fourth-order valence-corrected chi connectivity index (χ4v) is 1.49. The molecule has 92 valence electrons. The van der Waals surface area contributed by atoms with Crippen LogP contribution in [0.25, 0.3) is 0 Å². The summed E-state index contributed by atoms with van der Waals surface area (Å²) in [5, 5.41) is 2.58. The molecule has 1 rings (SSSR count). The molecule has 0 radical (unpaired) electrons. The lowest BCUT2D eigenvalue weighted by molar-refractivity contribution is -0.120. The molecule has 0 aliphatic heterocycles. The number of nitrogen functional groups attached to an aromatic ring is 1. The van der Waals surface area contributed by atoms with E-state index in [1.54, 1.807) is 24.3 Å². The summed E-state index contributed by atoms with van der Waals surface area (Å²) >= 11 is 0. The van der Waals surface area contributed by atoms with Crippen molar-refractivity contribution in [2.24, 2.45) is 11.7 Å². The van der Waals surface area contributed by atoms with Crippen LogP contribution in [0, 0.1) is 5.92 Å². The zero-order valence-electron chi connectivity index (χ0n) is 9.94. The summed E-state index contributed by atoms with van der Waals surface area (Å²) in [6, 6.07) is 5.98. The highest BCUT2D eigenvalue weighted by Crippen LogP contribution is 2.11. The van der Waals surface area contributed by atoms with Gasteiger partial charge in [-0.05, 0) is 18.1 Å². The minimum Gasteiger partial charge on any atom is -0.398 e. The van der Waals surface area contributed by atoms with E-state index < -0.39 is 11.9 Å². The van der Waals surface area contributed by atoms with Gasteiger partial charge in [0.1, 0.15) is 6.04 Å². The quantitative estimate of drug-likeness (QED) is 0.663. The van der Waals surface area contributed by atoms with Crippen LogP contribution in [0.4, 0.5) is 5.69 Å². The average Bonchev–Trinajstić information content (AvgIpc) is 2.25. The van der Waals surface area contributed by atoms with Crippen molar-refractivity contribution in [3.05, 3.63) is 29.8 Å². The summed E-state index contributed by atoms with van der Waals surface area (Å²) in [5.41, 5.74) is 11.6. The Morgan fingerprint density at radius 1 is 1.24 bits per heavy atom. The van der Waals surface area contributed by atoms with E-state index in [0.29, 0.717) is 11.3 Å². The second kappa shape index (κ2) is 5.34. The second-order valence-corrected chi connectivity index (χ2v) is 4.18. The molecule has 5 heteroatoms. The number of carbonyl (C=O) groups excluding carboxylic acids is 2. The van der Waals surface area contributed by atoms with Gasteiger partial charge < -0.3 is 16.8 Å². The first-order valence-electron chi connectivity index (χ1n) is 5.38. The zero-order chi connectivity index (χ0) is 13.0. The third-order valence-corrected chi connectivity index (χ3v) is 2.47. The fraction of sp³-hybridized carbons (Fsp3) is 0.333. The maximum atomic E-state index is 11.9. The number of primary amides is 1. The zero-order valence-corrected chi connectivity index (χ0v) is 9.94. The van der Waals surface area contributed by atoms with Gasteiger partial charge in [0.15, 0.2) is 0 Å². The summed E-state index contributed by atoms with van der Waals surface area (Å²) in [6.07, 6.45) is 0. The highest BCUT2D eigenvalue weighted by Gasteiger charge is 2.22. The van der Waals surface area contributed by atoms with Gasteiger partial charge in [-0.1, -0.05) is 26.0 Å². The molecule has 17 heavy (non-hydrogen) atoms. The number of hydrogen-bond donors (Lipinski definition) is 3. The van der Waals surface area contributed by atoms with Gasteiger partial charge in [0.2, 0.25) is 5.91 Å². The summed E-state index contributed by atoms with van der Waals surface area (Å²) in [4.78, 5) is 23.1. The molecule has 0 saturated carbocycles. The van der Waals surface area contributed by atoms with Crippen LogP contribution >= 0.6 is 0 Å². The van der Waals surface area contributed by atoms with Gasteiger partial charge in [0, 0.05) is 5.69 Å². The Hall–Kier alpha value is -2.04. The van der Waals surface area contributed by atoms with Crippen LogP contribution in [0.1, 0.15) is 24.2 Å². The third-order valence-electron chi connectivity index (χ3n) is 2.47. The van der Waals surface area contributed by atoms with Gasteiger partial charge >= 0.3 is 0 Å². The van der Waals surface area contributed by atoms with E-state index in [2.05, 4.69) is 5.32 Å². The smallest absolute Gasteiger partial charge is 0.254 e. The molecule has 0 fully saturated rings. The molecule has 0 aliphatic rings. The monoisotopic (exact) mass is 235 g/mol. The molecule has 2 amide bonds. The van der Waals surface area contributed by atoms with E-state index in [-0.39, 0.29) is 11.8 Å². The SMILES string of the molecule is CC(C)C(NC(=O)c1ccccc1N)C(N)=O. The minimum absolute atomic E-state index is 0.0682. The molecule has 0 bridgehead atoms. The molecular weight excluding hydrogens is 218 g/mol. The van der Waals surface area contributed by atoms with Crippen LogP contribution in [0.2, 0.25) is 0 Å². The van der Waals surface area contributed by atoms with Gasteiger partial charge in [-0.15, -0.1) is 0 Å².